The highest BCUT2D eigenvalue weighted by atomic mass is 16.1. The highest BCUT2D eigenvalue weighted by Crippen LogP contribution is 2.02. The molecule has 0 aliphatic rings. The largest absolute Gasteiger partial charge is 0.383 e. The number of nitrogens with two attached hydrogens (primary N) is 1. The Bertz CT molecular complexity index is 344. The number of anilines is 1. The molecule has 0 aromatic carbocycles. The van der Waals surface area contributed by atoms with Crippen molar-refractivity contribution < 1.29 is 0 Å². The van der Waals surface area contributed by atoms with E-state index in [1.54, 1.807) is 7.05 Å². The average molecular weight is 182 g/mol. The highest BCUT2D eigenvalue weighted by Gasteiger charge is 2.05. The second-order valence-corrected chi connectivity index (χ2v) is 2.76. The lowest BCUT2D eigenvalue weighted by Crippen LogP contribution is -2.21. The molecule has 4 N–H and O–H groups in total. The molecular weight excluding hydrogens is 168 g/mol. The van der Waals surface area contributed by atoms with E-state index in [0.29, 0.717) is 30.2 Å². The molecule has 1 rings (SSSR count). The van der Waals surface area contributed by atoms with Crippen LogP contribution in [0.4, 0.5) is 5.82 Å². The van der Waals surface area contributed by atoms with E-state index in [-0.39, 0.29) is 5.56 Å². The predicted octanol–water partition coefficient (Wildman–Crippen LogP) is -0.366. The Morgan fingerprint density at radius 1 is 1.62 bits per heavy atom. The fourth-order valence-electron chi connectivity index (χ4n) is 1.16. The molecule has 0 unspecified atom stereocenters. The van der Waals surface area contributed by atoms with E-state index in [0.717, 1.165) is 0 Å². The van der Waals surface area contributed by atoms with E-state index < -0.39 is 0 Å². The topological polar surface area (TPSA) is 83.8 Å². The summed E-state index contributed by atoms with van der Waals surface area (Å²) in [5.74, 6) is 0.902. The Morgan fingerprint density at radius 3 is 2.77 bits per heavy atom. The summed E-state index contributed by atoms with van der Waals surface area (Å²) in [7, 11) is 1.78. The van der Waals surface area contributed by atoms with Gasteiger partial charge in [-0.15, -0.1) is 0 Å². The van der Waals surface area contributed by atoms with Gasteiger partial charge in [-0.1, -0.05) is 6.92 Å². The standard InChI is InChI=1S/C8H14N4O/c1-3-5-7(9)11-6(4-10-2)12-8(5)13/h10H,3-4H2,1-2H3,(H3,9,11,12,13). The molecule has 0 radical (unpaired) electrons. The molecule has 5 heteroatoms. The van der Waals surface area contributed by atoms with Gasteiger partial charge < -0.3 is 16.0 Å². The number of H-pyrrole nitrogens is 1. The summed E-state index contributed by atoms with van der Waals surface area (Å²) >= 11 is 0. The van der Waals surface area contributed by atoms with Crippen molar-refractivity contribution in [1.82, 2.24) is 15.3 Å². The molecule has 0 bridgehead atoms. The van der Waals surface area contributed by atoms with Gasteiger partial charge in [-0.25, -0.2) is 4.98 Å². The summed E-state index contributed by atoms with van der Waals surface area (Å²) in [6.45, 7) is 2.39. The van der Waals surface area contributed by atoms with E-state index in [1.807, 2.05) is 6.92 Å². The van der Waals surface area contributed by atoms with Crippen molar-refractivity contribution in [2.45, 2.75) is 19.9 Å². The van der Waals surface area contributed by atoms with Gasteiger partial charge in [0.15, 0.2) is 0 Å². The molecule has 5 nitrogen and oxygen atoms in total. The van der Waals surface area contributed by atoms with E-state index in [9.17, 15) is 4.79 Å². The number of aromatic nitrogens is 2. The molecule has 0 aliphatic carbocycles. The highest BCUT2D eigenvalue weighted by molar-refractivity contribution is 5.37. The van der Waals surface area contributed by atoms with Crippen LogP contribution in [0.3, 0.4) is 0 Å². The Balaban J connectivity index is 3.13. The zero-order valence-corrected chi connectivity index (χ0v) is 7.85. The van der Waals surface area contributed by atoms with Gasteiger partial charge in [0.2, 0.25) is 0 Å². The molecule has 72 valence electrons. The van der Waals surface area contributed by atoms with Crippen LogP contribution in [0.15, 0.2) is 4.79 Å². The predicted molar refractivity (Wildman–Crippen MR) is 51.4 cm³/mol. The summed E-state index contributed by atoms with van der Waals surface area (Å²) in [4.78, 5) is 18.1. The minimum absolute atomic E-state index is 0.139. The monoisotopic (exact) mass is 182 g/mol. The van der Waals surface area contributed by atoms with Crippen molar-refractivity contribution in [3.05, 3.63) is 21.7 Å². The zero-order chi connectivity index (χ0) is 9.84. The number of hydrogen-bond donors (Lipinski definition) is 3. The molecule has 0 amide bonds. The maximum absolute atomic E-state index is 11.4. The third kappa shape index (κ3) is 2.06. The van der Waals surface area contributed by atoms with Crippen molar-refractivity contribution in [2.75, 3.05) is 12.8 Å². The number of rotatable bonds is 3. The van der Waals surface area contributed by atoms with Crippen molar-refractivity contribution in [3.8, 4) is 0 Å². The van der Waals surface area contributed by atoms with Crippen molar-refractivity contribution in [1.29, 1.82) is 0 Å². The molecule has 0 fully saturated rings. The fourth-order valence-corrected chi connectivity index (χ4v) is 1.16. The molecule has 0 saturated heterocycles. The van der Waals surface area contributed by atoms with Crippen LogP contribution in [0.25, 0.3) is 0 Å². The maximum Gasteiger partial charge on any atom is 0.256 e. The van der Waals surface area contributed by atoms with Crippen LogP contribution >= 0.6 is 0 Å². The average Bonchev–Trinajstić information content (AvgIpc) is 2.04. The Hall–Kier alpha value is -1.36. The number of nitrogens with zero attached hydrogens (tertiary/aromatic N) is 1. The van der Waals surface area contributed by atoms with Crippen LogP contribution in [0.2, 0.25) is 0 Å². The maximum atomic E-state index is 11.4. The summed E-state index contributed by atoms with van der Waals surface area (Å²) in [5.41, 5.74) is 6.02. The molecule has 13 heavy (non-hydrogen) atoms. The Morgan fingerprint density at radius 2 is 2.31 bits per heavy atom. The first-order chi connectivity index (χ1) is 6.19. The van der Waals surface area contributed by atoms with Crippen LogP contribution in [-0.2, 0) is 13.0 Å². The van der Waals surface area contributed by atoms with Gasteiger partial charge in [0.05, 0.1) is 12.1 Å². The van der Waals surface area contributed by atoms with Gasteiger partial charge in [-0.2, -0.15) is 0 Å². The van der Waals surface area contributed by atoms with E-state index in [4.69, 9.17) is 5.73 Å². The van der Waals surface area contributed by atoms with Crippen molar-refractivity contribution in [3.63, 3.8) is 0 Å². The van der Waals surface area contributed by atoms with E-state index in [2.05, 4.69) is 15.3 Å². The van der Waals surface area contributed by atoms with Crippen LogP contribution in [0.1, 0.15) is 18.3 Å². The lowest BCUT2D eigenvalue weighted by molar-refractivity contribution is 0.750. The molecule has 0 atom stereocenters. The molecule has 0 saturated carbocycles. The second-order valence-electron chi connectivity index (χ2n) is 2.76. The van der Waals surface area contributed by atoms with Crippen molar-refractivity contribution >= 4 is 5.82 Å². The quantitative estimate of drug-likeness (QED) is 0.595. The first kappa shape index (κ1) is 9.73. The minimum atomic E-state index is -0.139. The summed E-state index contributed by atoms with van der Waals surface area (Å²) in [5, 5.41) is 2.89. The number of aromatic amines is 1. The number of hydrogen-bond acceptors (Lipinski definition) is 4. The summed E-state index contributed by atoms with van der Waals surface area (Å²) in [6.07, 6.45) is 0.605. The lowest BCUT2D eigenvalue weighted by Gasteiger charge is -2.04. The molecule has 1 aromatic rings. The van der Waals surface area contributed by atoms with E-state index in [1.165, 1.54) is 0 Å². The first-order valence-electron chi connectivity index (χ1n) is 4.21. The fraction of sp³-hybridized carbons (Fsp3) is 0.500. The number of nitrogen functional groups attached to an aromatic ring is 1. The molecular formula is C8H14N4O. The van der Waals surface area contributed by atoms with E-state index >= 15 is 0 Å². The molecule has 0 spiro atoms. The third-order valence-electron chi connectivity index (χ3n) is 1.79. The van der Waals surface area contributed by atoms with Crippen LogP contribution in [0, 0.1) is 0 Å². The summed E-state index contributed by atoms with van der Waals surface area (Å²) < 4.78 is 0. The smallest absolute Gasteiger partial charge is 0.256 e. The minimum Gasteiger partial charge on any atom is -0.383 e. The van der Waals surface area contributed by atoms with Gasteiger partial charge in [0, 0.05) is 0 Å². The van der Waals surface area contributed by atoms with Crippen LogP contribution in [-0.4, -0.2) is 17.0 Å². The van der Waals surface area contributed by atoms with Gasteiger partial charge in [-0.05, 0) is 13.5 Å². The van der Waals surface area contributed by atoms with Gasteiger partial charge in [0.25, 0.3) is 5.56 Å². The summed E-state index contributed by atoms with van der Waals surface area (Å²) in [6, 6.07) is 0. The molecule has 1 heterocycles. The zero-order valence-electron chi connectivity index (χ0n) is 7.85. The lowest BCUT2D eigenvalue weighted by atomic mass is 10.2. The van der Waals surface area contributed by atoms with Gasteiger partial charge >= 0.3 is 0 Å². The van der Waals surface area contributed by atoms with Gasteiger partial charge in [0.1, 0.15) is 11.6 Å². The molecule has 1 aromatic heterocycles. The third-order valence-corrected chi connectivity index (χ3v) is 1.79. The second kappa shape index (κ2) is 4.04. The van der Waals surface area contributed by atoms with Crippen LogP contribution < -0.4 is 16.6 Å². The molecule has 0 aliphatic heterocycles. The Labute approximate surface area is 76.4 Å². The number of nitrogens with one attached hydrogen (secondary N) is 2. The van der Waals surface area contributed by atoms with Crippen molar-refractivity contribution in [2.24, 2.45) is 0 Å². The SMILES string of the molecule is CCc1c(N)nc(CNC)[nH]c1=O. The normalized spacial score (nSPS) is 10.3. The van der Waals surface area contributed by atoms with Crippen LogP contribution in [0.5, 0.6) is 0 Å². The van der Waals surface area contributed by atoms with Gasteiger partial charge in [-0.3, -0.25) is 4.79 Å². The first-order valence-corrected chi connectivity index (χ1v) is 4.21. The Kier molecular flexibility index (Phi) is 3.02.